The molecule has 0 bridgehead atoms. The highest BCUT2D eigenvalue weighted by molar-refractivity contribution is 7.80. The second-order valence-electron chi connectivity index (χ2n) is 8.35. The summed E-state index contributed by atoms with van der Waals surface area (Å²) < 4.78 is 6.31. The van der Waals surface area contributed by atoms with Crippen LogP contribution in [0.1, 0.15) is 34.7 Å². The van der Waals surface area contributed by atoms with E-state index in [-0.39, 0.29) is 17.8 Å². The fourth-order valence-corrected chi connectivity index (χ4v) is 4.80. The molecule has 0 saturated carbocycles. The third-order valence-corrected chi connectivity index (χ3v) is 6.16. The van der Waals surface area contributed by atoms with E-state index in [2.05, 4.69) is 47.2 Å². The molecule has 2 aromatic heterocycles. The molecule has 8 heteroatoms. The molecule has 1 N–H and O–H groups in total. The number of nitrogens with zero attached hydrogens (tertiary/aromatic N) is 3. The lowest BCUT2D eigenvalue weighted by atomic mass is 10.0. The number of anilines is 1. The van der Waals surface area contributed by atoms with Crippen LogP contribution in [0.15, 0.2) is 83.4 Å². The number of aryl methyl sites for hydroxylation is 2. The molecule has 0 unspecified atom stereocenters. The third-order valence-electron chi connectivity index (χ3n) is 5.84. The van der Waals surface area contributed by atoms with E-state index in [0.717, 1.165) is 22.5 Å². The number of hydrogen-bond donors (Lipinski definition) is 1. The molecule has 3 heterocycles. The Balaban J connectivity index is 1.61. The van der Waals surface area contributed by atoms with Gasteiger partial charge in [0, 0.05) is 29.6 Å². The van der Waals surface area contributed by atoms with Crippen LogP contribution in [0.2, 0.25) is 0 Å². The zero-order valence-corrected chi connectivity index (χ0v) is 19.5. The quantitative estimate of drug-likeness (QED) is 0.216. The van der Waals surface area contributed by atoms with Crippen molar-refractivity contribution in [3.63, 3.8) is 0 Å². The maximum atomic E-state index is 11.2. The monoisotopic (exact) mass is 470 g/mol. The van der Waals surface area contributed by atoms with Gasteiger partial charge in [0.1, 0.15) is 17.6 Å². The standard InChI is InChI=1S/C26H22N4O3S/c1-16-12-17(2)14-20(13-16)29-25(24(28-26(29)34)21-8-3-4-11-27-21)23-10-9-22(33-23)18-6-5-7-19(15-18)30(31)32/h3-15,24-25H,1-2H3,(H,28,34)/t24-,25-/m0/s1. The van der Waals surface area contributed by atoms with Gasteiger partial charge in [0.15, 0.2) is 5.11 Å². The number of hydrogen-bond acceptors (Lipinski definition) is 5. The van der Waals surface area contributed by atoms with Crippen molar-refractivity contribution in [2.75, 3.05) is 4.90 Å². The lowest BCUT2D eigenvalue weighted by Gasteiger charge is -2.26. The number of nitro groups is 1. The summed E-state index contributed by atoms with van der Waals surface area (Å²) >= 11 is 5.78. The molecule has 1 fully saturated rings. The Hall–Kier alpha value is -4.04. The van der Waals surface area contributed by atoms with Gasteiger partial charge in [-0.05, 0) is 73.6 Å². The van der Waals surface area contributed by atoms with Crippen molar-refractivity contribution in [3.8, 4) is 11.3 Å². The molecule has 1 aliphatic heterocycles. The van der Waals surface area contributed by atoms with Gasteiger partial charge in [-0.15, -0.1) is 0 Å². The zero-order chi connectivity index (χ0) is 23.8. The normalized spacial score (nSPS) is 17.6. The van der Waals surface area contributed by atoms with E-state index >= 15 is 0 Å². The fourth-order valence-electron chi connectivity index (χ4n) is 4.45. The maximum absolute atomic E-state index is 11.2. The van der Waals surface area contributed by atoms with E-state index in [1.165, 1.54) is 12.1 Å². The van der Waals surface area contributed by atoms with Crippen LogP contribution in [0.5, 0.6) is 0 Å². The minimum absolute atomic E-state index is 0.0161. The number of aromatic nitrogens is 1. The largest absolute Gasteiger partial charge is 0.459 e. The molecule has 1 saturated heterocycles. The Kier molecular flexibility index (Phi) is 5.59. The van der Waals surface area contributed by atoms with Gasteiger partial charge in [-0.3, -0.25) is 15.1 Å². The fraction of sp³-hybridized carbons (Fsp3) is 0.154. The van der Waals surface area contributed by atoms with Crippen molar-refractivity contribution in [1.29, 1.82) is 0 Å². The Morgan fingerprint density at radius 3 is 2.53 bits per heavy atom. The lowest BCUT2D eigenvalue weighted by molar-refractivity contribution is -0.384. The van der Waals surface area contributed by atoms with Gasteiger partial charge >= 0.3 is 0 Å². The van der Waals surface area contributed by atoms with Crippen LogP contribution in [0.4, 0.5) is 11.4 Å². The molecule has 4 aromatic rings. The first-order chi connectivity index (χ1) is 16.4. The first-order valence-corrected chi connectivity index (χ1v) is 11.2. The van der Waals surface area contributed by atoms with Gasteiger partial charge in [0.25, 0.3) is 5.69 Å². The number of thiocarbonyl (C=S) groups is 1. The van der Waals surface area contributed by atoms with Gasteiger partial charge in [-0.2, -0.15) is 0 Å². The molecule has 0 spiro atoms. The van der Waals surface area contributed by atoms with E-state index in [1.807, 2.05) is 30.3 Å². The average molecular weight is 471 g/mol. The molecule has 170 valence electrons. The summed E-state index contributed by atoms with van der Waals surface area (Å²) in [5.74, 6) is 1.24. The van der Waals surface area contributed by atoms with Crippen molar-refractivity contribution in [3.05, 3.63) is 112 Å². The first-order valence-electron chi connectivity index (χ1n) is 10.8. The second kappa shape index (κ2) is 8.72. The predicted octanol–water partition coefficient (Wildman–Crippen LogP) is 6.04. The van der Waals surface area contributed by atoms with E-state index in [9.17, 15) is 10.1 Å². The molecule has 7 nitrogen and oxygen atoms in total. The summed E-state index contributed by atoms with van der Waals surface area (Å²) in [7, 11) is 0. The van der Waals surface area contributed by atoms with Gasteiger partial charge in [-0.1, -0.05) is 24.3 Å². The molecule has 5 rings (SSSR count). The SMILES string of the molecule is Cc1cc(C)cc(N2C(=S)N[C@@H](c3ccccn3)[C@@H]2c2ccc(-c3cccc([N+](=O)[O-])c3)o2)c1. The Morgan fingerprint density at radius 2 is 1.82 bits per heavy atom. The molecule has 0 aliphatic carbocycles. The first kappa shape index (κ1) is 21.8. The maximum Gasteiger partial charge on any atom is 0.270 e. The predicted molar refractivity (Wildman–Crippen MR) is 135 cm³/mol. The van der Waals surface area contributed by atoms with Crippen LogP contribution >= 0.6 is 12.2 Å². The van der Waals surface area contributed by atoms with Crippen LogP contribution < -0.4 is 10.2 Å². The van der Waals surface area contributed by atoms with Crippen LogP contribution in [-0.4, -0.2) is 15.0 Å². The summed E-state index contributed by atoms with van der Waals surface area (Å²) in [4.78, 5) is 17.4. The lowest BCUT2D eigenvalue weighted by Crippen LogP contribution is -2.29. The minimum atomic E-state index is -0.411. The molecule has 0 amide bonds. The summed E-state index contributed by atoms with van der Waals surface area (Å²) in [5, 5.41) is 15.2. The summed E-state index contributed by atoms with van der Waals surface area (Å²) in [6.07, 6.45) is 1.76. The van der Waals surface area contributed by atoms with E-state index < -0.39 is 4.92 Å². The molecule has 2 atom stereocenters. The molecular weight excluding hydrogens is 448 g/mol. The summed E-state index contributed by atoms with van der Waals surface area (Å²) in [5.41, 5.74) is 4.73. The van der Waals surface area contributed by atoms with E-state index in [1.54, 1.807) is 18.3 Å². The van der Waals surface area contributed by atoms with Crippen molar-refractivity contribution in [2.24, 2.45) is 0 Å². The zero-order valence-electron chi connectivity index (χ0n) is 18.6. The van der Waals surface area contributed by atoms with E-state index in [0.29, 0.717) is 22.2 Å². The number of non-ortho nitro benzene ring substituents is 1. The smallest absolute Gasteiger partial charge is 0.270 e. The average Bonchev–Trinajstić information content (AvgIpc) is 3.43. The summed E-state index contributed by atoms with van der Waals surface area (Å²) in [6, 6.07) is 21.7. The van der Waals surface area contributed by atoms with E-state index in [4.69, 9.17) is 16.6 Å². The number of benzene rings is 2. The number of nitrogens with one attached hydrogen (secondary N) is 1. The van der Waals surface area contributed by atoms with Crippen LogP contribution in [0.25, 0.3) is 11.3 Å². The molecule has 1 aliphatic rings. The highest BCUT2D eigenvalue weighted by atomic mass is 32.1. The van der Waals surface area contributed by atoms with Crippen molar-refractivity contribution < 1.29 is 9.34 Å². The number of pyridine rings is 1. The van der Waals surface area contributed by atoms with Crippen LogP contribution in [0.3, 0.4) is 0 Å². The van der Waals surface area contributed by atoms with Crippen molar-refractivity contribution in [2.45, 2.75) is 25.9 Å². The second-order valence-corrected chi connectivity index (χ2v) is 8.74. The van der Waals surface area contributed by atoms with Gasteiger partial charge in [0.2, 0.25) is 0 Å². The van der Waals surface area contributed by atoms with Crippen molar-refractivity contribution in [1.82, 2.24) is 10.3 Å². The highest BCUT2D eigenvalue weighted by Gasteiger charge is 2.42. The van der Waals surface area contributed by atoms with Gasteiger partial charge in [0.05, 0.1) is 16.7 Å². The van der Waals surface area contributed by atoms with Crippen molar-refractivity contribution >= 4 is 28.7 Å². The van der Waals surface area contributed by atoms with Gasteiger partial charge < -0.3 is 14.6 Å². The van der Waals surface area contributed by atoms with Crippen LogP contribution in [0, 0.1) is 24.0 Å². The molecule has 0 radical (unpaired) electrons. The van der Waals surface area contributed by atoms with Gasteiger partial charge in [-0.25, -0.2) is 0 Å². The number of rotatable bonds is 5. The highest BCUT2D eigenvalue weighted by Crippen LogP contribution is 2.43. The summed E-state index contributed by atoms with van der Waals surface area (Å²) in [6.45, 7) is 4.11. The molecular formula is C26H22N4O3S. The number of furan rings is 1. The Labute approximate surface area is 202 Å². The third kappa shape index (κ3) is 4.04. The topological polar surface area (TPSA) is 84.4 Å². The molecule has 2 aromatic carbocycles. The Morgan fingerprint density at radius 1 is 1.03 bits per heavy atom. The number of nitro benzene ring substituents is 1. The minimum Gasteiger partial charge on any atom is -0.459 e. The Bertz CT molecular complexity index is 1370. The molecule has 34 heavy (non-hydrogen) atoms. The van der Waals surface area contributed by atoms with Crippen LogP contribution in [-0.2, 0) is 0 Å².